The number of carbonyl (C=O) groups excluding carboxylic acids is 1. The van der Waals surface area contributed by atoms with E-state index in [9.17, 15) is 18.0 Å². The number of ether oxygens (including phenoxy) is 1. The molecule has 0 spiro atoms. The van der Waals surface area contributed by atoms with Gasteiger partial charge in [0.05, 0.1) is 12.8 Å². The van der Waals surface area contributed by atoms with Gasteiger partial charge in [0.2, 0.25) is 0 Å². The topological polar surface area (TPSA) is 56.5 Å². The van der Waals surface area contributed by atoms with E-state index in [0.717, 1.165) is 18.7 Å². The Morgan fingerprint density at radius 2 is 1.88 bits per heavy atom. The zero-order chi connectivity index (χ0) is 18.4. The molecule has 0 N–H and O–H groups in total. The van der Waals surface area contributed by atoms with Crippen LogP contribution in [0.15, 0.2) is 30.3 Å². The Bertz CT molecular complexity index is 965. The van der Waals surface area contributed by atoms with E-state index in [2.05, 4.69) is 14.8 Å². The van der Waals surface area contributed by atoms with Gasteiger partial charge in [-0.1, -0.05) is 41.4 Å². The molecular weight excluding hydrogens is 359 g/mol. The summed E-state index contributed by atoms with van der Waals surface area (Å²) in [5.74, 6) is -0.944. The number of aryl methyl sites for hydroxylation is 1. The van der Waals surface area contributed by atoms with Crippen molar-refractivity contribution in [2.75, 3.05) is 7.11 Å². The summed E-state index contributed by atoms with van der Waals surface area (Å²) in [6, 6.07) is 7.68. The average Bonchev–Trinajstić information content (AvgIpc) is 2.90. The number of fused-ring (bicyclic) bond motifs is 1. The molecule has 2 heterocycles. The zero-order valence-electron chi connectivity index (χ0n) is 13.1. The number of halogens is 4. The minimum atomic E-state index is -4.72. The lowest BCUT2D eigenvalue weighted by Crippen LogP contribution is -2.14. The Hall–Kier alpha value is -2.61. The number of alkyl halides is 3. The molecule has 0 aliphatic rings. The maximum absolute atomic E-state index is 13.5. The molecule has 0 bridgehead atoms. The Morgan fingerprint density at radius 1 is 1.24 bits per heavy atom. The smallest absolute Gasteiger partial charge is 0.433 e. The highest BCUT2D eigenvalue weighted by Gasteiger charge is 2.36. The molecule has 2 aromatic heterocycles. The molecular formula is C16H11ClF3N3O2. The van der Waals surface area contributed by atoms with Crippen LogP contribution in [0.2, 0.25) is 5.02 Å². The van der Waals surface area contributed by atoms with Crippen LogP contribution in [0, 0.1) is 6.92 Å². The van der Waals surface area contributed by atoms with Gasteiger partial charge in [-0.2, -0.15) is 18.3 Å². The third-order valence-corrected chi connectivity index (χ3v) is 3.90. The van der Waals surface area contributed by atoms with Gasteiger partial charge >= 0.3 is 12.1 Å². The van der Waals surface area contributed by atoms with Crippen LogP contribution in [0.4, 0.5) is 13.2 Å². The summed E-state index contributed by atoms with van der Waals surface area (Å²) < 4.78 is 45.4. The van der Waals surface area contributed by atoms with Gasteiger partial charge in [0.15, 0.2) is 17.0 Å². The van der Waals surface area contributed by atoms with Crippen molar-refractivity contribution in [1.82, 2.24) is 14.6 Å². The number of methoxy groups -OCH3 is 1. The molecule has 130 valence electrons. The molecule has 0 saturated carbocycles. The van der Waals surface area contributed by atoms with Crippen molar-refractivity contribution in [2.45, 2.75) is 13.1 Å². The maximum atomic E-state index is 13.5. The van der Waals surface area contributed by atoms with Crippen molar-refractivity contribution in [1.29, 1.82) is 0 Å². The third kappa shape index (κ3) is 3.05. The molecule has 0 atom stereocenters. The van der Waals surface area contributed by atoms with E-state index in [0.29, 0.717) is 10.1 Å². The number of hydrogen-bond donors (Lipinski definition) is 0. The molecule has 5 nitrogen and oxygen atoms in total. The van der Waals surface area contributed by atoms with Gasteiger partial charge < -0.3 is 4.74 Å². The predicted molar refractivity (Wildman–Crippen MR) is 84.5 cm³/mol. The number of esters is 1. The molecule has 25 heavy (non-hydrogen) atoms. The van der Waals surface area contributed by atoms with Crippen LogP contribution in [0.25, 0.3) is 16.9 Å². The van der Waals surface area contributed by atoms with Crippen molar-refractivity contribution in [3.05, 3.63) is 52.3 Å². The van der Waals surface area contributed by atoms with Crippen LogP contribution in [0.1, 0.15) is 21.7 Å². The minimum Gasteiger partial charge on any atom is -0.464 e. The monoisotopic (exact) mass is 369 g/mol. The van der Waals surface area contributed by atoms with E-state index >= 15 is 0 Å². The van der Waals surface area contributed by atoms with Crippen LogP contribution in [-0.4, -0.2) is 27.7 Å². The zero-order valence-corrected chi connectivity index (χ0v) is 13.8. The first-order valence-corrected chi connectivity index (χ1v) is 7.42. The number of nitrogens with zero attached hydrogens (tertiary/aromatic N) is 3. The molecule has 0 aliphatic carbocycles. The van der Waals surface area contributed by atoms with E-state index in [-0.39, 0.29) is 16.4 Å². The van der Waals surface area contributed by atoms with Crippen molar-refractivity contribution in [3.8, 4) is 11.3 Å². The van der Waals surface area contributed by atoms with E-state index in [1.165, 1.54) is 0 Å². The first kappa shape index (κ1) is 17.2. The molecule has 0 fully saturated rings. The standard InChI is InChI=1S/C16H11ClF3N3O2/c1-8-3-5-9(6-4-8)10-7-11(16(18,19)20)23-14(21-10)12(17)13(22-23)15(24)25-2/h3-7H,1-2H3. The first-order valence-electron chi connectivity index (χ1n) is 7.04. The van der Waals surface area contributed by atoms with Gasteiger partial charge in [0, 0.05) is 5.56 Å². The quantitative estimate of drug-likeness (QED) is 0.636. The molecule has 1 aromatic carbocycles. The number of benzene rings is 1. The summed E-state index contributed by atoms with van der Waals surface area (Å²) in [6.07, 6.45) is -4.72. The average molecular weight is 370 g/mol. The molecule has 0 amide bonds. The van der Waals surface area contributed by atoms with E-state index in [4.69, 9.17) is 11.6 Å². The van der Waals surface area contributed by atoms with Crippen LogP contribution >= 0.6 is 11.6 Å². The second kappa shape index (κ2) is 6.03. The van der Waals surface area contributed by atoms with Crippen molar-refractivity contribution in [2.24, 2.45) is 0 Å². The summed E-state index contributed by atoms with van der Waals surface area (Å²) in [7, 11) is 1.08. The Morgan fingerprint density at radius 3 is 2.44 bits per heavy atom. The lowest BCUT2D eigenvalue weighted by molar-refractivity contribution is -0.142. The summed E-state index contributed by atoms with van der Waals surface area (Å²) >= 11 is 6.02. The number of carbonyl (C=O) groups is 1. The molecule has 0 saturated heterocycles. The van der Waals surface area contributed by atoms with Crippen molar-refractivity contribution < 1.29 is 22.7 Å². The molecule has 9 heteroatoms. The van der Waals surface area contributed by atoms with Gasteiger partial charge in [0.25, 0.3) is 0 Å². The van der Waals surface area contributed by atoms with Crippen LogP contribution < -0.4 is 0 Å². The highest BCUT2D eigenvalue weighted by Crippen LogP contribution is 2.34. The lowest BCUT2D eigenvalue weighted by Gasteiger charge is -2.11. The van der Waals surface area contributed by atoms with E-state index in [1.807, 2.05) is 6.92 Å². The Kier molecular flexibility index (Phi) is 4.16. The molecule has 3 rings (SSSR count). The van der Waals surface area contributed by atoms with Crippen LogP contribution in [0.5, 0.6) is 0 Å². The second-order valence-corrected chi connectivity index (χ2v) is 5.66. The van der Waals surface area contributed by atoms with Crippen molar-refractivity contribution in [3.63, 3.8) is 0 Å². The maximum Gasteiger partial charge on any atom is 0.433 e. The molecule has 0 unspecified atom stereocenters. The summed E-state index contributed by atoms with van der Waals surface area (Å²) in [5.41, 5.74) is -0.287. The summed E-state index contributed by atoms with van der Waals surface area (Å²) in [4.78, 5) is 15.8. The van der Waals surface area contributed by atoms with Gasteiger partial charge in [0.1, 0.15) is 5.02 Å². The number of rotatable bonds is 2. The van der Waals surface area contributed by atoms with Gasteiger partial charge in [-0.3, -0.25) is 0 Å². The van der Waals surface area contributed by atoms with Gasteiger partial charge in [-0.25, -0.2) is 14.3 Å². The fourth-order valence-electron chi connectivity index (χ4n) is 2.29. The Labute approximate surface area is 145 Å². The van der Waals surface area contributed by atoms with Crippen LogP contribution in [0.3, 0.4) is 0 Å². The molecule has 0 aliphatic heterocycles. The fraction of sp³-hybridized carbons (Fsp3) is 0.188. The van der Waals surface area contributed by atoms with Crippen LogP contribution in [-0.2, 0) is 10.9 Å². The van der Waals surface area contributed by atoms with E-state index in [1.54, 1.807) is 24.3 Å². The molecule has 3 aromatic rings. The van der Waals surface area contributed by atoms with Crippen molar-refractivity contribution >= 4 is 23.2 Å². The second-order valence-electron chi connectivity index (χ2n) is 5.28. The number of hydrogen-bond acceptors (Lipinski definition) is 4. The highest BCUT2D eigenvalue weighted by molar-refractivity contribution is 6.36. The first-order chi connectivity index (χ1) is 11.7. The fourth-order valence-corrected chi connectivity index (χ4v) is 2.53. The van der Waals surface area contributed by atoms with E-state index < -0.39 is 23.5 Å². The van der Waals surface area contributed by atoms with Gasteiger partial charge in [-0.15, -0.1) is 0 Å². The summed E-state index contributed by atoms with van der Waals surface area (Å²) in [5, 5.41) is 3.33. The largest absolute Gasteiger partial charge is 0.464 e. The number of aromatic nitrogens is 3. The predicted octanol–water partition coefficient (Wildman–Crippen LogP) is 4.16. The minimum absolute atomic E-state index is 0.0676. The Balaban J connectivity index is 2.33. The molecule has 0 radical (unpaired) electrons. The highest BCUT2D eigenvalue weighted by atomic mass is 35.5. The normalized spacial score (nSPS) is 11.8. The SMILES string of the molecule is COC(=O)c1nn2c(C(F)(F)F)cc(-c3ccc(C)cc3)nc2c1Cl. The lowest BCUT2D eigenvalue weighted by atomic mass is 10.1. The summed E-state index contributed by atoms with van der Waals surface area (Å²) in [6.45, 7) is 1.86. The van der Waals surface area contributed by atoms with Gasteiger partial charge in [-0.05, 0) is 13.0 Å². The third-order valence-electron chi connectivity index (χ3n) is 3.55.